The zero-order chi connectivity index (χ0) is 32.4. The summed E-state index contributed by atoms with van der Waals surface area (Å²) in [5, 5.41) is 6.41. The predicted octanol–water partition coefficient (Wildman–Crippen LogP) is 6.84. The number of carbonyl (C=O) groups is 2. The van der Waals surface area contributed by atoms with Crippen LogP contribution in [-0.2, 0) is 24.8 Å². The highest BCUT2D eigenvalue weighted by atomic mass is 35.5. The highest BCUT2D eigenvalue weighted by molar-refractivity contribution is 6.36. The summed E-state index contributed by atoms with van der Waals surface area (Å²) in [6.45, 7) is 9.22. The maximum atomic E-state index is 13.3. The van der Waals surface area contributed by atoms with Gasteiger partial charge in [0.25, 0.3) is 5.91 Å². The third-order valence-corrected chi connectivity index (χ3v) is 8.71. The molecule has 44 heavy (non-hydrogen) atoms. The number of rotatable bonds is 9. The molecule has 1 aliphatic heterocycles. The molecular formula is C31H39Cl2F3N6O2. The average Bonchev–Trinajstić information content (AvgIpc) is 3.25. The molecule has 4 rings (SSSR count). The Bertz CT molecular complexity index is 1530. The van der Waals surface area contributed by atoms with E-state index in [1.54, 1.807) is 18.2 Å². The Morgan fingerprint density at radius 2 is 1.75 bits per heavy atom. The van der Waals surface area contributed by atoms with E-state index in [1.807, 2.05) is 32.4 Å². The van der Waals surface area contributed by atoms with Crippen molar-refractivity contribution < 1.29 is 22.8 Å². The molecule has 3 aromatic rings. The van der Waals surface area contributed by atoms with Gasteiger partial charge in [-0.05, 0) is 48.4 Å². The first-order valence-electron chi connectivity index (χ1n) is 14.8. The van der Waals surface area contributed by atoms with Gasteiger partial charge in [0, 0.05) is 56.5 Å². The number of pyridine rings is 1. The van der Waals surface area contributed by atoms with Crippen molar-refractivity contribution in [2.24, 2.45) is 18.4 Å². The number of fused-ring (bicyclic) bond motifs is 1. The molecule has 1 aromatic carbocycles. The number of hydrogen-bond acceptors (Lipinski definition) is 5. The van der Waals surface area contributed by atoms with Crippen molar-refractivity contribution in [3.8, 4) is 0 Å². The lowest BCUT2D eigenvalue weighted by atomic mass is 9.95. The molecule has 1 aliphatic rings. The first-order valence-corrected chi connectivity index (χ1v) is 15.5. The smallest absolute Gasteiger partial charge is 0.356 e. The normalized spacial score (nSPS) is 14.7. The SMILES string of the molecule is CC1CCN(c2nc3c(cc2C(=O)NCCCC(F)(F)F)nc(Cc2c(Cl)ccc(CNC(=O)C(C)(C)C)c2Cl)n3C)CC1. The molecule has 0 unspecified atom stereocenters. The number of amides is 2. The number of piperidine rings is 1. The Hall–Kier alpha value is -3.05. The van der Waals surface area contributed by atoms with Gasteiger partial charge in [0.05, 0.1) is 10.6 Å². The highest BCUT2D eigenvalue weighted by Gasteiger charge is 2.28. The summed E-state index contributed by atoms with van der Waals surface area (Å²) in [4.78, 5) is 37.4. The van der Waals surface area contributed by atoms with Crippen LogP contribution in [0.1, 0.15) is 80.7 Å². The average molecular weight is 656 g/mol. The molecule has 0 bridgehead atoms. The fraction of sp³-hybridized carbons (Fsp3) is 0.548. The van der Waals surface area contributed by atoms with Gasteiger partial charge in [0.2, 0.25) is 5.91 Å². The molecule has 3 heterocycles. The summed E-state index contributed by atoms with van der Waals surface area (Å²) in [6, 6.07) is 5.16. The van der Waals surface area contributed by atoms with E-state index < -0.39 is 23.9 Å². The number of nitrogens with zero attached hydrogens (tertiary/aromatic N) is 4. The van der Waals surface area contributed by atoms with Crippen molar-refractivity contribution in [1.82, 2.24) is 25.2 Å². The van der Waals surface area contributed by atoms with Crippen LogP contribution in [0.15, 0.2) is 18.2 Å². The maximum absolute atomic E-state index is 13.3. The number of halogens is 5. The highest BCUT2D eigenvalue weighted by Crippen LogP contribution is 2.33. The van der Waals surface area contributed by atoms with Gasteiger partial charge in [-0.1, -0.05) is 57.0 Å². The van der Waals surface area contributed by atoms with Gasteiger partial charge in [-0.2, -0.15) is 13.2 Å². The second-order valence-corrected chi connectivity index (χ2v) is 13.3. The minimum atomic E-state index is -4.28. The summed E-state index contributed by atoms with van der Waals surface area (Å²) in [6.07, 6.45) is -3.33. The van der Waals surface area contributed by atoms with Crippen LogP contribution < -0.4 is 15.5 Å². The quantitative estimate of drug-likeness (QED) is 0.247. The first-order chi connectivity index (χ1) is 20.5. The van der Waals surface area contributed by atoms with Gasteiger partial charge < -0.3 is 20.1 Å². The number of anilines is 1. The summed E-state index contributed by atoms with van der Waals surface area (Å²) in [5.41, 5.74) is 2.11. The monoisotopic (exact) mass is 654 g/mol. The third kappa shape index (κ3) is 8.15. The van der Waals surface area contributed by atoms with E-state index in [1.165, 1.54) is 0 Å². The van der Waals surface area contributed by atoms with Crippen molar-refractivity contribution in [3.05, 3.63) is 50.8 Å². The van der Waals surface area contributed by atoms with Crippen molar-refractivity contribution in [3.63, 3.8) is 0 Å². The summed E-state index contributed by atoms with van der Waals surface area (Å²) >= 11 is 13.4. The van der Waals surface area contributed by atoms with Gasteiger partial charge in [0.1, 0.15) is 17.2 Å². The molecule has 0 spiro atoms. The van der Waals surface area contributed by atoms with Crippen molar-refractivity contribution in [2.45, 2.75) is 72.5 Å². The Balaban J connectivity index is 1.65. The Morgan fingerprint density at radius 3 is 2.39 bits per heavy atom. The van der Waals surface area contributed by atoms with E-state index in [0.29, 0.717) is 63.0 Å². The van der Waals surface area contributed by atoms with Crippen LogP contribution in [0.2, 0.25) is 10.0 Å². The van der Waals surface area contributed by atoms with Crippen LogP contribution in [0.25, 0.3) is 11.2 Å². The topological polar surface area (TPSA) is 92.2 Å². The van der Waals surface area contributed by atoms with E-state index in [2.05, 4.69) is 22.5 Å². The zero-order valence-corrected chi connectivity index (χ0v) is 27.2. The maximum Gasteiger partial charge on any atom is 0.389 e. The first kappa shape index (κ1) is 33.8. The molecule has 0 atom stereocenters. The van der Waals surface area contributed by atoms with Crippen LogP contribution in [0.5, 0.6) is 0 Å². The van der Waals surface area contributed by atoms with Crippen LogP contribution in [0, 0.1) is 11.3 Å². The molecule has 2 N–H and O–H groups in total. The van der Waals surface area contributed by atoms with Gasteiger partial charge >= 0.3 is 6.18 Å². The van der Waals surface area contributed by atoms with E-state index in [-0.39, 0.29) is 37.4 Å². The Kier molecular flexibility index (Phi) is 10.4. The number of aromatic nitrogens is 3. The van der Waals surface area contributed by atoms with Gasteiger partial charge in [-0.15, -0.1) is 0 Å². The molecule has 240 valence electrons. The molecular weight excluding hydrogens is 616 g/mol. The number of carbonyl (C=O) groups excluding carboxylic acids is 2. The lowest BCUT2D eigenvalue weighted by molar-refractivity contribution is -0.135. The fourth-order valence-electron chi connectivity index (χ4n) is 5.07. The van der Waals surface area contributed by atoms with Crippen molar-refractivity contribution in [2.75, 3.05) is 24.5 Å². The second-order valence-electron chi connectivity index (χ2n) is 12.5. The second kappa shape index (κ2) is 13.5. The fourth-order valence-corrected chi connectivity index (χ4v) is 5.64. The molecule has 8 nitrogen and oxygen atoms in total. The van der Waals surface area contributed by atoms with E-state index >= 15 is 0 Å². The summed E-state index contributed by atoms with van der Waals surface area (Å²) in [7, 11) is 1.83. The molecule has 0 saturated carbocycles. The van der Waals surface area contributed by atoms with E-state index in [0.717, 1.165) is 12.8 Å². The van der Waals surface area contributed by atoms with E-state index in [4.69, 9.17) is 33.2 Å². The summed E-state index contributed by atoms with van der Waals surface area (Å²) < 4.78 is 39.7. The van der Waals surface area contributed by atoms with Crippen LogP contribution in [0.4, 0.5) is 19.0 Å². The molecule has 2 aromatic heterocycles. The summed E-state index contributed by atoms with van der Waals surface area (Å²) in [5.74, 6) is 1.04. The molecule has 13 heteroatoms. The standard InChI is InChI=1S/C31H39Cl2F3N6O2/c1-18-9-13-42(14-10-18)26-21(28(43)37-12-6-11-31(34,35)36)15-23-27(40-26)41(5)24(39-23)16-20-22(32)8-7-19(25(20)33)17-38-29(44)30(2,3)4/h7-8,15,18H,6,9-14,16-17H2,1-5H3,(H,37,43)(H,38,44). The lowest BCUT2D eigenvalue weighted by Crippen LogP contribution is -2.36. The van der Waals surface area contributed by atoms with Crippen molar-refractivity contribution >= 4 is 52.0 Å². The minimum absolute atomic E-state index is 0.106. The Labute approximate surface area is 265 Å². The third-order valence-electron chi connectivity index (χ3n) is 7.89. The largest absolute Gasteiger partial charge is 0.389 e. The molecule has 0 radical (unpaired) electrons. The van der Waals surface area contributed by atoms with Gasteiger partial charge in [-0.3, -0.25) is 9.59 Å². The number of imidazole rings is 1. The molecule has 1 saturated heterocycles. The molecule has 0 aliphatic carbocycles. The Morgan fingerprint density at radius 1 is 1.07 bits per heavy atom. The van der Waals surface area contributed by atoms with E-state index in [9.17, 15) is 22.8 Å². The number of alkyl halides is 3. The number of benzene rings is 1. The molecule has 1 fully saturated rings. The zero-order valence-electron chi connectivity index (χ0n) is 25.7. The van der Waals surface area contributed by atoms with Crippen LogP contribution in [0.3, 0.4) is 0 Å². The van der Waals surface area contributed by atoms with Crippen LogP contribution >= 0.6 is 23.2 Å². The van der Waals surface area contributed by atoms with Crippen LogP contribution in [-0.4, -0.2) is 52.2 Å². The predicted molar refractivity (Wildman–Crippen MR) is 167 cm³/mol. The van der Waals surface area contributed by atoms with Crippen molar-refractivity contribution in [1.29, 1.82) is 0 Å². The van der Waals surface area contributed by atoms with Gasteiger partial charge in [0.15, 0.2) is 5.65 Å². The number of hydrogen-bond donors (Lipinski definition) is 2. The minimum Gasteiger partial charge on any atom is -0.356 e. The number of nitrogens with one attached hydrogen (secondary N) is 2. The van der Waals surface area contributed by atoms with Gasteiger partial charge in [-0.25, -0.2) is 9.97 Å². The lowest BCUT2D eigenvalue weighted by Gasteiger charge is -2.32. The number of aryl methyl sites for hydroxylation is 1. The molecule has 2 amide bonds.